The van der Waals surface area contributed by atoms with Crippen molar-refractivity contribution in [3.63, 3.8) is 0 Å². The van der Waals surface area contributed by atoms with E-state index in [2.05, 4.69) is 0 Å². The van der Waals surface area contributed by atoms with Gasteiger partial charge in [-0.2, -0.15) is 0 Å². The molecule has 17 heavy (non-hydrogen) atoms. The second kappa shape index (κ2) is 5.63. The summed E-state index contributed by atoms with van der Waals surface area (Å²) in [6.07, 6.45) is 0.742. The quantitative estimate of drug-likeness (QED) is 0.647. The van der Waals surface area contributed by atoms with E-state index in [9.17, 15) is 15.3 Å². The number of hydrogen-bond acceptors (Lipinski definition) is 5. The molecule has 1 aliphatic carbocycles. The fourth-order valence-electron chi connectivity index (χ4n) is 2.52. The van der Waals surface area contributed by atoms with Crippen molar-refractivity contribution >= 4 is 0 Å². The minimum absolute atomic E-state index is 0.0954. The average molecular weight is 246 g/mol. The van der Waals surface area contributed by atoms with E-state index in [-0.39, 0.29) is 6.10 Å². The zero-order chi connectivity index (χ0) is 12.4. The molecular weight excluding hydrogens is 224 g/mol. The van der Waals surface area contributed by atoms with Crippen LogP contribution in [0.15, 0.2) is 0 Å². The third kappa shape index (κ3) is 2.98. The van der Waals surface area contributed by atoms with Crippen LogP contribution in [0.1, 0.15) is 39.0 Å². The predicted octanol–water partition coefficient (Wildman–Crippen LogP) is 0.163. The van der Waals surface area contributed by atoms with Gasteiger partial charge < -0.3 is 24.8 Å². The van der Waals surface area contributed by atoms with Crippen LogP contribution in [0, 0.1) is 0 Å². The fraction of sp³-hybridized carbons (Fsp3) is 1.00. The number of aliphatic hydroxyl groups excluding tert-OH is 3. The van der Waals surface area contributed by atoms with Gasteiger partial charge in [0.25, 0.3) is 0 Å². The van der Waals surface area contributed by atoms with E-state index < -0.39 is 30.7 Å². The monoisotopic (exact) mass is 246 g/mol. The second-order valence-corrected chi connectivity index (χ2v) is 5.08. The van der Waals surface area contributed by atoms with Crippen molar-refractivity contribution in [2.45, 2.75) is 75.8 Å². The van der Waals surface area contributed by atoms with Crippen molar-refractivity contribution in [2.24, 2.45) is 0 Å². The zero-order valence-corrected chi connectivity index (χ0v) is 10.2. The van der Waals surface area contributed by atoms with Crippen LogP contribution in [0.25, 0.3) is 0 Å². The molecule has 3 N–H and O–H groups in total. The first-order valence-corrected chi connectivity index (χ1v) is 6.44. The summed E-state index contributed by atoms with van der Waals surface area (Å²) in [5, 5.41) is 29.0. The van der Waals surface area contributed by atoms with E-state index in [4.69, 9.17) is 9.47 Å². The highest BCUT2D eigenvalue weighted by molar-refractivity contribution is 4.87. The molecule has 2 fully saturated rings. The van der Waals surface area contributed by atoms with Gasteiger partial charge in [0.1, 0.15) is 18.3 Å². The molecule has 2 aliphatic rings. The van der Waals surface area contributed by atoms with Crippen molar-refractivity contribution in [2.75, 3.05) is 0 Å². The summed E-state index contributed by atoms with van der Waals surface area (Å²) in [6, 6.07) is 0. The highest BCUT2D eigenvalue weighted by Crippen LogP contribution is 2.27. The molecule has 5 atom stereocenters. The molecule has 0 aromatic rings. The predicted molar refractivity (Wildman–Crippen MR) is 60.3 cm³/mol. The van der Waals surface area contributed by atoms with Crippen molar-refractivity contribution in [1.82, 2.24) is 0 Å². The summed E-state index contributed by atoms with van der Waals surface area (Å²) in [5.74, 6) is 0. The minimum Gasteiger partial charge on any atom is -0.388 e. The van der Waals surface area contributed by atoms with Crippen LogP contribution in [0.3, 0.4) is 0 Å². The smallest absolute Gasteiger partial charge is 0.186 e. The fourth-order valence-corrected chi connectivity index (χ4v) is 2.52. The molecule has 1 aliphatic heterocycles. The molecule has 5 nitrogen and oxygen atoms in total. The van der Waals surface area contributed by atoms with Gasteiger partial charge in [-0.3, -0.25) is 0 Å². The van der Waals surface area contributed by atoms with Crippen molar-refractivity contribution in [3.8, 4) is 0 Å². The van der Waals surface area contributed by atoms with Crippen LogP contribution in [-0.2, 0) is 9.47 Å². The lowest BCUT2D eigenvalue weighted by Crippen LogP contribution is -2.58. The first-order chi connectivity index (χ1) is 8.09. The van der Waals surface area contributed by atoms with Crippen molar-refractivity contribution in [3.05, 3.63) is 0 Å². The van der Waals surface area contributed by atoms with Crippen LogP contribution in [0.5, 0.6) is 0 Å². The van der Waals surface area contributed by atoms with Gasteiger partial charge in [0.2, 0.25) is 0 Å². The summed E-state index contributed by atoms with van der Waals surface area (Å²) < 4.78 is 11.1. The van der Waals surface area contributed by atoms with Crippen molar-refractivity contribution in [1.29, 1.82) is 0 Å². The van der Waals surface area contributed by atoms with E-state index in [0.29, 0.717) is 0 Å². The van der Waals surface area contributed by atoms with Crippen LogP contribution in [-0.4, -0.2) is 52.1 Å². The molecular formula is C12H22O5. The number of hydrogen-bond donors (Lipinski definition) is 3. The molecule has 2 rings (SSSR count). The Balaban J connectivity index is 1.90. The van der Waals surface area contributed by atoms with E-state index in [0.717, 1.165) is 25.7 Å². The normalized spacial score (nSPS) is 44.8. The SMILES string of the molecule is C[C@@H]1O[C@H](OC2CCCCC2)[C@@H](O)[C@H](O)[C@@H]1O. The van der Waals surface area contributed by atoms with Crippen LogP contribution in [0.4, 0.5) is 0 Å². The van der Waals surface area contributed by atoms with E-state index in [1.807, 2.05) is 0 Å². The van der Waals surface area contributed by atoms with Crippen LogP contribution >= 0.6 is 0 Å². The highest BCUT2D eigenvalue weighted by atomic mass is 16.7. The zero-order valence-electron chi connectivity index (χ0n) is 10.2. The molecule has 1 saturated carbocycles. The standard InChI is InChI=1S/C12H22O5/c1-7-9(13)10(14)11(15)12(16-7)17-8-5-3-2-4-6-8/h7-15H,2-6H2,1H3/t7-,9+,10+,11-,12+/m0/s1. The molecule has 0 radical (unpaired) electrons. The summed E-state index contributed by atoms with van der Waals surface area (Å²) >= 11 is 0. The molecule has 100 valence electrons. The molecule has 0 aromatic carbocycles. The second-order valence-electron chi connectivity index (χ2n) is 5.08. The molecule has 1 heterocycles. The Kier molecular flexibility index (Phi) is 4.38. The molecule has 1 saturated heterocycles. The van der Waals surface area contributed by atoms with Gasteiger partial charge in [0.05, 0.1) is 12.2 Å². The number of rotatable bonds is 2. The third-order valence-electron chi connectivity index (χ3n) is 3.69. The van der Waals surface area contributed by atoms with Gasteiger partial charge in [0.15, 0.2) is 6.29 Å². The average Bonchev–Trinajstić information content (AvgIpc) is 2.35. The third-order valence-corrected chi connectivity index (χ3v) is 3.69. The van der Waals surface area contributed by atoms with Gasteiger partial charge in [-0.15, -0.1) is 0 Å². The highest BCUT2D eigenvalue weighted by Gasteiger charge is 2.43. The maximum absolute atomic E-state index is 9.80. The number of ether oxygens (including phenoxy) is 2. The molecule has 0 unspecified atom stereocenters. The molecule has 0 amide bonds. The van der Waals surface area contributed by atoms with Gasteiger partial charge in [-0.05, 0) is 19.8 Å². The molecule has 0 aromatic heterocycles. The molecule has 0 spiro atoms. The largest absolute Gasteiger partial charge is 0.388 e. The molecule has 5 heteroatoms. The van der Waals surface area contributed by atoms with Gasteiger partial charge in [-0.1, -0.05) is 19.3 Å². The van der Waals surface area contributed by atoms with Gasteiger partial charge in [0, 0.05) is 0 Å². The summed E-state index contributed by atoms with van der Waals surface area (Å²) in [6.45, 7) is 1.66. The first-order valence-electron chi connectivity index (χ1n) is 6.44. The van der Waals surface area contributed by atoms with Gasteiger partial charge >= 0.3 is 0 Å². The molecule has 0 bridgehead atoms. The van der Waals surface area contributed by atoms with Crippen LogP contribution in [0.2, 0.25) is 0 Å². The van der Waals surface area contributed by atoms with Gasteiger partial charge in [-0.25, -0.2) is 0 Å². The number of aliphatic hydroxyl groups is 3. The van der Waals surface area contributed by atoms with E-state index >= 15 is 0 Å². The lowest BCUT2D eigenvalue weighted by molar-refractivity contribution is -0.305. The van der Waals surface area contributed by atoms with Crippen molar-refractivity contribution < 1.29 is 24.8 Å². The Morgan fingerprint density at radius 1 is 0.941 bits per heavy atom. The Labute approximate surface area is 101 Å². The topological polar surface area (TPSA) is 79.2 Å². The Bertz CT molecular complexity index is 241. The lowest BCUT2D eigenvalue weighted by Gasteiger charge is -2.40. The van der Waals surface area contributed by atoms with Crippen LogP contribution < -0.4 is 0 Å². The Morgan fingerprint density at radius 2 is 1.59 bits per heavy atom. The van der Waals surface area contributed by atoms with E-state index in [1.54, 1.807) is 6.92 Å². The Hall–Kier alpha value is -0.200. The maximum atomic E-state index is 9.80. The first kappa shape index (κ1) is 13.2. The minimum atomic E-state index is -1.20. The lowest BCUT2D eigenvalue weighted by atomic mass is 9.97. The maximum Gasteiger partial charge on any atom is 0.186 e. The summed E-state index contributed by atoms with van der Waals surface area (Å²) in [7, 11) is 0. The van der Waals surface area contributed by atoms with E-state index in [1.165, 1.54) is 6.42 Å². The summed E-state index contributed by atoms with van der Waals surface area (Å²) in [5.41, 5.74) is 0. The Morgan fingerprint density at radius 3 is 2.24 bits per heavy atom. The summed E-state index contributed by atoms with van der Waals surface area (Å²) in [4.78, 5) is 0.